The Hall–Kier alpha value is -4.62. The van der Waals surface area contributed by atoms with Crippen molar-refractivity contribution in [2.24, 2.45) is 0 Å². The van der Waals surface area contributed by atoms with Gasteiger partial charge < -0.3 is 24.3 Å². The number of para-hydroxylation sites is 1. The van der Waals surface area contributed by atoms with Gasteiger partial charge in [0.1, 0.15) is 23.3 Å². The lowest BCUT2D eigenvalue weighted by Gasteiger charge is -2.29. The Bertz CT molecular complexity index is 1540. The second-order valence-electron chi connectivity index (χ2n) is 8.91. The highest BCUT2D eigenvalue weighted by Crippen LogP contribution is 2.42. The van der Waals surface area contributed by atoms with E-state index >= 15 is 0 Å². The number of rotatable bonds is 7. The molecule has 0 amide bonds. The van der Waals surface area contributed by atoms with Gasteiger partial charge >= 0.3 is 0 Å². The van der Waals surface area contributed by atoms with Crippen LogP contribution < -0.4 is 19.7 Å². The van der Waals surface area contributed by atoms with Gasteiger partial charge in [0.2, 0.25) is 0 Å². The molecule has 0 bridgehead atoms. The van der Waals surface area contributed by atoms with Crippen LogP contribution in [0.25, 0.3) is 5.69 Å². The minimum Gasteiger partial charge on any atom is -0.497 e. The average Bonchev–Trinajstić information content (AvgIpc) is 3.59. The molecule has 2 atom stereocenters. The molecular weight excluding hydrogens is 492 g/mol. The van der Waals surface area contributed by atoms with E-state index in [1.165, 1.54) is 0 Å². The lowest BCUT2D eigenvalue weighted by atomic mass is 10.0. The van der Waals surface area contributed by atoms with Gasteiger partial charge in [-0.15, -0.1) is 0 Å². The molecule has 0 unspecified atom stereocenters. The summed E-state index contributed by atoms with van der Waals surface area (Å²) in [6.07, 6.45) is 3.88. The van der Waals surface area contributed by atoms with Crippen LogP contribution >= 0.6 is 12.2 Å². The number of hydrogen-bond acceptors (Lipinski definition) is 4. The lowest BCUT2D eigenvalue weighted by molar-refractivity contribution is 0.414. The predicted molar refractivity (Wildman–Crippen MR) is 153 cm³/mol. The second-order valence-corrected chi connectivity index (χ2v) is 9.30. The number of methoxy groups -OCH3 is 1. The highest BCUT2D eigenvalue weighted by atomic mass is 32.1. The Labute approximate surface area is 227 Å². The molecule has 0 spiro atoms. The fourth-order valence-electron chi connectivity index (χ4n) is 4.86. The molecule has 1 aliphatic rings. The standard InChI is InChI=1S/C31H26N4O2S/c1-36-26-12-7-9-23(21-26)34-20-8-14-28(34)30-29(27-13-5-6-19-32-27)33-31(38)35(30)22-15-17-25(18-16-22)37-24-10-3-2-4-11-24/h2-21,29-30H,1H3,(H,33,38)/t29-,30+/m1/s1. The van der Waals surface area contributed by atoms with Crippen LogP contribution in [0.2, 0.25) is 0 Å². The van der Waals surface area contributed by atoms with Gasteiger partial charge in [-0.1, -0.05) is 30.3 Å². The number of nitrogens with zero attached hydrogens (tertiary/aromatic N) is 3. The van der Waals surface area contributed by atoms with Crippen molar-refractivity contribution in [1.82, 2.24) is 14.9 Å². The number of hydrogen-bond donors (Lipinski definition) is 1. The molecule has 1 N–H and O–H groups in total. The van der Waals surface area contributed by atoms with Gasteiger partial charge in [0.05, 0.1) is 18.8 Å². The Morgan fingerprint density at radius 2 is 1.53 bits per heavy atom. The van der Waals surface area contributed by atoms with E-state index < -0.39 is 0 Å². The van der Waals surface area contributed by atoms with Gasteiger partial charge in [0, 0.05) is 35.5 Å². The van der Waals surface area contributed by atoms with Gasteiger partial charge in [-0.3, -0.25) is 4.98 Å². The topological polar surface area (TPSA) is 51.5 Å². The summed E-state index contributed by atoms with van der Waals surface area (Å²) >= 11 is 5.91. The molecule has 1 saturated heterocycles. The van der Waals surface area contributed by atoms with Crippen LogP contribution in [0.15, 0.2) is 122 Å². The maximum atomic E-state index is 6.02. The molecule has 5 aromatic rings. The van der Waals surface area contributed by atoms with Crippen molar-refractivity contribution in [3.8, 4) is 22.9 Å². The molecule has 1 aliphatic heterocycles. The van der Waals surface area contributed by atoms with Crippen LogP contribution in [0, 0.1) is 0 Å². The highest BCUT2D eigenvalue weighted by molar-refractivity contribution is 7.80. The molecule has 188 valence electrons. The third kappa shape index (κ3) is 4.60. The van der Waals surface area contributed by atoms with Gasteiger partial charge in [-0.25, -0.2) is 0 Å². The van der Waals surface area contributed by atoms with E-state index in [1.807, 2.05) is 97.2 Å². The average molecular weight is 519 g/mol. The van der Waals surface area contributed by atoms with E-state index in [1.54, 1.807) is 7.11 Å². The molecule has 3 heterocycles. The molecule has 6 rings (SSSR count). The molecule has 0 aliphatic carbocycles. The number of thiocarbonyl (C=S) groups is 1. The van der Waals surface area contributed by atoms with E-state index in [0.29, 0.717) is 5.11 Å². The van der Waals surface area contributed by atoms with Gasteiger partial charge in [0.25, 0.3) is 0 Å². The molecule has 1 fully saturated rings. The number of pyridine rings is 1. The first-order chi connectivity index (χ1) is 18.7. The number of benzene rings is 3. The Morgan fingerprint density at radius 3 is 2.29 bits per heavy atom. The minimum atomic E-state index is -0.153. The third-order valence-corrected chi connectivity index (χ3v) is 6.92. The molecule has 38 heavy (non-hydrogen) atoms. The Kier molecular flexibility index (Phi) is 6.50. The molecule has 2 aromatic heterocycles. The molecule has 0 saturated carbocycles. The molecule has 7 heteroatoms. The van der Waals surface area contributed by atoms with Crippen molar-refractivity contribution in [2.45, 2.75) is 12.1 Å². The normalized spacial score (nSPS) is 16.8. The first-order valence-electron chi connectivity index (χ1n) is 12.4. The molecule has 0 radical (unpaired) electrons. The van der Waals surface area contributed by atoms with Crippen molar-refractivity contribution >= 4 is 23.0 Å². The summed E-state index contributed by atoms with van der Waals surface area (Å²) in [5.41, 5.74) is 3.97. The van der Waals surface area contributed by atoms with Crippen LogP contribution in [-0.2, 0) is 0 Å². The van der Waals surface area contributed by atoms with Crippen molar-refractivity contribution in [3.63, 3.8) is 0 Å². The van der Waals surface area contributed by atoms with Crippen molar-refractivity contribution in [1.29, 1.82) is 0 Å². The molecule has 3 aromatic carbocycles. The summed E-state index contributed by atoms with van der Waals surface area (Å²) in [7, 11) is 1.68. The smallest absolute Gasteiger partial charge is 0.174 e. The van der Waals surface area contributed by atoms with Gasteiger partial charge in [0.15, 0.2) is 5.11 Å². The predicted octanol–water partition coefficient (Wildman–Crippen LogP) is 6.85. The van der Waals surface area contributed by atoms with E-state index in [4.69, 9.17) is 21.7 Å². The number of aromatic nitrogens is 2. The first-order valence-corrected chi connectivity index (χ1v) is 12.8. The van der Waals surface area contributed by atoms with Crippen LogP contribution in [0.1, 0.15) is 23.5 Å². The van der Waals surface area contributed by atoms with Crippen LogP contribution in [0.4, 0.5) is 5.69 Å². The van der Waals surface area contributed by atoms with Crippen molar-refractivity contribution in [3.05, 3.63) is 133 Å². The second kappa shape index (κ2) is 10.4. The summed E-state index contributed by atoms with van der Waals surface area (Å²) in [5.74, 6) is 2.35. The summed E-state index contributed by atoms with van der Waals surface area (Å²) in [6.45, 7) is 0. The Balaban J connectivity index is 1.40. The maximum absolute atomic E-state index is 6.02. The zero-order chi connectivity index (χ0) is 25.9. The summed E-state index contributed by atoms with van der Waals surface area (Å²) < 4.78 is 13.7. The van der Waals surface area contributed by atoms with E-state index in [2.05, 4.69) is 44.2 Å². The van der Waals surface area contributed by atoms with Gasteiger partial charge in [-0.05, 0) is 85.0 Å². The van der Waals surface area contributed by atoms with Crippen LogP contribution in [-0.4, -0.2) is 21.8 Å². The van der Waals surface area contributed by atoms with E-state index in [9.17, 15) is 0 Å². The van der Waals surface area contributed by atoms with Crippen molar-refractivity contribution < 1.29 is 9.47 Å². The van der Waals surface area contributed by atoms with Crippen LogP contribution in [0.3, 0.4) is 0 Å². The zero-order valence-corrected chi connectivity index (χ0v) is 21.6. The first kappa shape index (κ1) is 23.8. The fourth-order valence-corrected chi connectivity index (χ4v) is 5.21. The monoisotopic (exact) mass is 518 g/mol. The quantitative estimate of drug-likeness (QED) is 0.238. The number of nitrogens with one attached hydrogen (secondary N) is 1. The largest absolute Gasteiger partial charge is 0.497 e. The van der Waals surface area contributed by atoms with E-state index in [-0.39, 0.29) is 12.1 Å². The number of ether oxygens (including phenoxy) is 2. The highest BCUT2D eigenvalue weighted by Gasteiger charge is 2.42. The number of anilines is 1. The lowest BCUT2D eigenvalue weighted by Crippen LogP contribution is -2.30. The maximum Gasteiger partial charge on any atom is 0.174 e. The summed E-state index contributed by atoms with van der Waals surface area (Å²) in [5, 5.41) is 4.18. The Morgan fingerprint density at radius 1 is 0.763 bits per heavy atom. The molecular formula is C31H26N4O2S. The molecule has 6 nitrogen and oxygen atoms in total. The van der Waals surface area contributed by atoms with Crippen LogP contribution in [0.5, 0.6) is 17.2 Å². The van der Waals surface area contributed by atoms with Gasteiger partial charge in [-0.2, -0.15) is 0 Å². The van der Waals surface area contributed by atoms with Crippen molar-refractivity contribution in [2.75, 3.05) is 12.0 Å². The minimum absolute atomic E-state index is 0.150. The summed E-state index contributed by atoms with van der Waals surface area (Å²) in [4.78, 5) is 6.84. The summed E-state index contributed by atoms with van der Waals surface area (Å²) in [6, 6.07) is 35.7. The zero-order valence-electron chi connectivity index (χ0n) is 20.8. The fraction of sp³-hybridized carbons (Fsp3) is 0.0968. The van der Waals surface area contributed by atoms with E-state index in [0.717, 1.165) is 40.0 Å². The third-order valence-electron chi connectivity index (χ3n) is 6.61. The SMILES string of the molecule is COc1cccc(-n2cccc2[C@H]2[C@@H](c3ccccn3)NC(=S)N2c2ccc(Oc3ccccc3)cc2)c1.